The van der Waals surface area contributed by atoms with Crippen molar-refractivity contribution in [1.29, 1.82) is 0 Å². The second kappa shape index (κ2) is 8.66. The van der Waals surface area contributed by atoms with Crippen molar-refractivity contribution in [1.82, 2.24) is 0 Å². The van der Waals surface area contributed by atoms with E-state index in [0.717, 1.165) is 11.1 Å². The molecule has 2 fully saturated rings. The molecule has 0 radical (unpaired) electrons. The number of hydroxylamine groups is 1. The van der Waals surface area contributed by atoms with E-state index in [1.807, 2.05) is 55.5 Å². The number of imide groups is 1. The topological polar surface area (TPSA) is 68.3 Å². The molecule has 0 spiro atoms. The molecule has 3 atom stereocenters. The van der Waals surface area contributed by atoms with Crippen LogP contribution in [0.2, 0.25) is 5.02 Å². The lowest BCUT2D eigenvalue weighted by Crippen LogP contribution is -2.37. The number of rotatable bonds is 5. The summed E-state index contributed by atoms with van der Waals surface area (Å²) in [7, 11) is 3.19. The highest BCUT2D eigenvalue weighted by Gasteiger charge is 2.60. The summed E-state index contributed by atoms with van der Waals surface area (Å²) in [5, 5.41) is 2.13. The lowest BCUT2D eigenvalue weighted by Gasteiger charge is -2.29. The van der Waals surface area contributed by atoms with Crippen LogP contribution in [0, 0.1) is 12.8 Å². The quantitative estimate of drug-likeness (QED) is 0.494. The minimum absolute atomic E-state index is 0.327. The van der Waals surface area contributed by atoms with Gasteiger partial charge in [-0.25, -0.2) is 9.96 Å². The van der Waals surface area contributed by atoms with E-state index in [4.69, 9.17) is 25.9 Å². The molecule has 0 saturated carbocycles. The van der Waals surface area contributed by atoms with Crippen molar-refractivity contribution in [2.24, 2.45) is 5.92 Å². The molecule has 5 rings (SSSR count). The number of benzene rings is 3. The van der Waals surface area contributed by atoms with Crippen LogP contribution >= 0.6 is 11.6 Å². The molecule has 0 aliphatic carbocycles. The van der Waals surface area contributed by atoms with Crippen molar-refractivity contribution < 1.29 is 23.9 Å². The number of methoxy groups -OCH3 is 2. The number of hydrogen-bond acceptors (Lipinski definition) is 6. The molecular formula is C26H23ClN2O5. The van der Waals surface area contributed by atoms with E-state index in [0.29, 0.717) is 27.9 Å². The summed E-state index contributed by atoms with van der Waals surface area (Å²) in [5.41, 5.74) is 2.84. The molecule has 2 saturated heterocycles. The van der Waals surface area contributed by atoms with E-state index in [9.17, 15) is 9.59 Å². The van der Waals surface area contributed by atoms with Gasteiger partial charge in [0, 0.05) is 5.02 Å². The minimum Gasteiger partial charge on any atom is -0.497 e. The first-order valence-electron chi connectivity index (χ1n) is 10.8. The number of fused-ring (bicyclic) bond motifs is 1. The number of amides is 2. The molecule has 2 heterocycles. The number of carbonyl (C=O) groups is 2. The normalized spacial score (nSPS) is 21.7. The van der Waals surface area contributed by atoms with Gasteiger partial charge in [-0.05, 0) is 66.6 Å². The molecule has 0 N–H and O–H groups in total. The largest absolute Gasteiger partial charge is 0.497 e. The van der Waals surface area contributed by atoms with Gasteiger partial charge in [-0.1, -0.05) is 29.8 Å². The molecule has 3 aromatic rings. The number of carbonyl (C=O) groups excluding carboxylic acids is 2. The van der Waals surface area contributed by atoms with Gasteiger partial charge >= 0.3 is 0 Å². The van der Waals surface area contributed by atoms with E-state index >= 15 is 0 Å². The van der Waals surface area contributed by atoms with Gasteiger partial charge in [0.2, 0.25) is 5.91 Å². The fraction of sp³-hybridized carbons (Fsp3) is 0.231. The second-order valence-corrected chi connectivity index (χ2v) is 8.65. The first-order chi connectivity index (χ1) is 16.4. The lowest BCUT2D eigenvalue weighted by molar-refractivity contribution is -0.126. The Morgan fingerprint density at radius 3 is 2.00 bits per heavy atom. The highest BCUT2D eigenvalue weighted by atomic mass is 35.5. The maximum Gasteiger partial charge on any atom is 0.266 e. The average Bonchev–Trinajstić information content (AvgIpc) is 3.37. The van der Waals surface area contributed by atoms with E-state index in [-0.39, 0.29) is 5.91 Å². The second-order valence-electron chi connectivity index (χ2n) is 8.24. The van der Waals surface area contributed by atoms with Crippen molar-refractivity contribution in [3.8, 4) is 11.5 Å². The minimum atomic E-state index is -0.957. The van der Waals surface area contributed by atoms with Crippen LogP contribution in [-0.2, 0) is 14.4 Å². The molecule has 2 aliphatic rings. The van der Waals surface area contributed by atoms with Crippen LogP contribution < -0.4 is 19.4 Å². The van der Waals surface area contributed by atoms with Gasteiger partial charge in [0.15, 0.2) is 6.10 Å². The molecule has 2 aliphatic heterocycles. The van der Waals surface area contributed by atoms with Crippen molar-refractivity contribution >= 4 is 34.8 Å². The van der Waals surface area contributed by atoms with Gasteiger partial charge in [-0.2, -0.15) is 0 Å². The first kappa shape index (κ1) is 22.3. The molecule has 8 heteroatoms. The maximum atomic E-state index is 13.7. The van der Waals surface area contributed by atoms with Gasteiger partial charge in [0.1, 0.15) is 17.4 Å². The Hall–Kier alpha value is -3.55. The van der Waals surface area contributed by atoms with E-state index < -0.39 is 24.0 Å². The molecule has 0 unspecified atom stereocenters. The Kier molecular flexibility index (Phi) is 5.67. The van der Waals surface area contributed by atoms with E-state index in [1.54, 1.807) is 37.5 Å². The third-order valence-electron chi connectivity index (χ3n) is 6.31. The fourth-order valence-electron chi connectivity index (χ4n) is 4.48. The van der Waals surface area contributed by atoms with Crippen LogP contribution in [0.3, 0.4) is 0 Å². The van der Waals surface area contributed by atoms with E-state index in [1.165, 1.54) is 4.90 Å². The molecular weight excluding hydrogens is 456 g/mol. The number of hydrogen-bond donors (Lipinski definition) is 0. The highest BCUT2D eigenvalue weighted by Crippen LogP contribution is 2.48. The lowest BCUT2D eigenvalue weighted by atomic mass is 9.90. The van der Waals surface area contributed by atoms with Crippen LogP contribution in [0.25, 0.3) is 0 Å². The van der Waals surface area contributed by atoms with Crippen LogP contribution in [0.1, 0.15) is 17.2 Å². The van der Waals surface area contributed by atoms with Gasteiger partial charge in [0.05, 0.1) is 31.6 Å². The molecule has 174 valence electrons. The third-order valence-corrected chi connectivity index (χ3v) is 6.72. The number of ether oxygens (including phenoxy) is 2. The Bertz CT molecular complexity index is 1250. The summed E-state index contributed by atoms with van der Waals surface area (Å²) >= 11 is 6.28. The van der Waals surface area contributed by atoms with Crippen LogP contribution in [-0.4, -0.2) is 32.1 Å². The number of anilines is 2. The zero-order valence-corrected chi connectivity index (χ0v) is 19.7. The van der Waals surface area contributed by atoms with Crippen LogP contribution in [0.5, 0.6) is 11.5 Å². The van der Waals surface area contributed by atoms with Gasteiger partial charge in [0.25, 0.3) is 5.91 Å². The molecule has 0 bridgehead atoms. The summed E-state index contributed by atoms with van der Waals surface area (Å²) in [6.45, 7) is 1.87. The number of nitrogens with zero attached hydrogens (tertiary/aromatic N) is 2. The van der Waals surface area contributed by atoms with Gasteiger partial charge in [-0.15, -0.1) is 0 Å². The summed E-state index contributed by atoms with van der Waals surface area (Å²) in [6, 6.07) is 19.3. The van der Waals surface area contributed by atoms with Crippen LogP contribution in [0.15, 0.2) is 66.7 Å². The summed E-state index contributed by atoms with van der Waals surface area (Å²) < 4.78 is 10.5. The van der Waals surface area contributed by atoms with Crippen molar-refractivity contribution in [3.05, 3.63) is 82.9 Å². The first-order valence-corrected chi connectivity index (χ1v) is 11.2. The van der Waals surface area contributed by atoms with Crippen molar-refractivity contribution in [2.45, 2.75) is 19.1 Å². The average molecular weight is 479 g/mol. The molecule has 2 amide bonds. The SMILES string of the molecule is COc1ccc([C@@H]2[C@@H]3C(=O)N(c4ccc(C)c(Cl)c4)C(=O)[C@H]3ON2c2ccc(OC)cc2)cc1. The maximum absolute atomic E-state index is 13.7. The van der Waals surface area contributed by atoms with Gasteiger partial charge in [-0.3, -0.25) is 14.4 Å². The summed E-state index contributed by atoms with van der Waals surface area (Å²) in [4.78, 5) is 34.5. The Morgan fingerprint density at radius 2 is 1.41 bits per heavy atom. The monoisotopic (exact) mass is 478 g/mol. The van der Waals surface area contributed by atoms with Gasteiger partial charge < -0.3 is 9.47 Å². The Labute approximate surface area is 202 Å². The Morgan fingerprint density at radius 1 is 0.824 bits per heavy atom. The summed E-state index contributed by atoms with van der Waals surface area (Å²) in [5.74, 6) is -0.0852. The molecule has 3 aromatic carbocycles. The molecule has 34 heavy (non-hydrogen) atoms. The Balaban J connectivity index is 1.56. The number of aryl methyl sites for hydroxylation is 1. The fourth-order valence-corrected chi connectivity index (χ4v) is 4.66. The van der Waals surface area contributed by atoms with Crippen LogP contribution in [0.4, 0.5) is 11.4 Å². The molecule has 0 aromatic heterocycles. The zero-order valence-electron chi connectivity index (χ0n) is 18.9. The molecule has 7 nitrogen and oxygen atoms in total. The predicted molar refractivity (Wildman–Crippen MR) is 128 cm³/mol. The predicted octanol–water partition coefficient (Wildman–Crippen LogP) is 4.72. The zero-order chi connectivity index (χ0) is 24.0. The highest BCUT2D eigenvalue weighted by molar-refractivity contribution is 6.32. The smallest absolute Gasteiger partial charge is 0.266 e. The van der Waals surface area contributed by atoms with Crippen molar-refractivity contribution in [3.63, 3.8) is 0 Å². The number of halogens is 1. The summed E-state index contributed by atoms with van der Waals surface area (Å²) in [6.07, 6.45) is -0.957. The standard InChI is InChI=1S/C26H23ClN2O5/c1-15-4-7-18(14-21(15)27)28-25(30)22-23(16-5-10-19(32-2)11-6-16)29(34-24(22)26(28)31)17-8-12-20(33-3)13-9-17/h4-14,22-24H,1-3H3/t22-,23+,24-/m0/s1. The van der Waals surface area contributed by atoms with Crippen molar-refractivity contribution in [2.75, 3.05) is 24.2 Å². The third kappa shape index (κ3) is 3.57. The van der Waals surface area contributed by atoms with E-state index in [2.05, 4.69) is 0 Å².